The Balaban J connectivity index is 2.11. The molecule has 1 aromatic rings. The molecule has 2 rings (SSSR count). The first-order valence-corrected chi connectivity index (χ1v) is 5.72. The first kappa shape index (κ1) is 13.3. The smallest absolute Gasteiger partial charge is 0.326 e. The number of nitrogens with one attached hydrogen (secondary N) is 1. The molecule has 0 radical (unpaired) electrons. The highest BCUT2D eigenvalue weighted by molar-refractivity contribution is 5.92. The SMILES string of the molecule is O=C(O)[C@H]1C[C@@H](O)CN1C(=O)Nc1ccccc1F. The van der Waals surface area contributed by atoms with Crippen LogP contribution in [0.1, 0.15) is 6.42 Å². The van der Waals surface area contributed by atoms with Crippen LogP contribution in [-0.2, 0) is 4.79 Å². The number of carboxylic acid groups (broad SMARTS) is 1. The number of likely N-dealkylation sites (tertiary alicyclic amines) is 1. The summed E-state index contributed by atoms with van der Waals surface area (Å²) in [6.07, 6.45) is -0.910. The van der Waals surface area contributed by atoms with Gasteiger partial charge in [0, 0.05) is 13.0 Å². The Morgan fingerprint density at radius 1 is 1.37 bits per heavy atom. The third-order valence-electron chi connectivity index (χ3n) is 2.94. The highest BCUT2D eigenvalue weighted by Gasteiger charge is 2.39. The van der Waals surface area contributed by atoms with E-state index in [1.54, 1.807) is 6.07 Å². The van der Waals surface area contributed by atoms with Crippen LogP contribution >= 0.6 is 0 Å². The molecule has 0 spiro atoms. The highest BCUT2D eigenvalue weighted by Crippen LogP contribution is 2.20. The number of anilines is 1. The molecule has 0 unspecified atom stereocenters. The van der Waals surface area contributed by atoms with E-state index in [9.17, 15) is 19.1 Å². The number of halogens is 1. The maximum Gasteiger partial charge on any atom is 0.326 e. The number of aliphatic hydroxyl groups is 1. The lowest BCUT2D eigenvalue weighted by molar-refractivity contribution is -0.141. The Kier molecular flexibility index (Phi) is 3.66. The summed E-state index contributed by atoms with van der Waals surface area (Å²) < 4.78 is 13.4. The lowest BCUT2D eigenvalue weighted by Crippen LogP contribution is -2.43. The van der Waals surface area contributed by atoms with Gasteiger partial charge in [0.05, 0.1) is 11.8 Å². The Hall–Kier alpha value is -2.15. The van der Waals surface area contributed by atoms with Gasteiger partial charge in [-0.3, -0.25) is 0 Å². The van der Waals surface area contributed by atoms with Crippen molar-refractivity contribution in [1.82, 2.24) is 4.90 Å². The number of carbonyl (C=O) groups excluding carboxylic acids is 1. The summed E-state index contributed by atoms with van der Waals surface area (Å²) in [5.74, 6) is -1.80. The summed E-state index contributed by atoms with van der Waals surface area (Å²) in [6, 6.07) is 3.74. The molecule has 1 aromatic carbocycles. The van der Waals surface area contributed by atoms with Crippen molar-refractivity contribution in [3.63, 3.8) is 0 Å². The van der Waals surface area contributed by atoms with E-state index in [1.165, 1.54) is 18.2 Å². The van der Waals surface area contributed by atoms with Crippen LogP contribution in [0.4, 0.5) is 14.9 Å². The van der Waals surface area contributed by atoms with Crippen molar-refractivity contribution >= 4 is 17.7 Å². The molecule has 3 N–H and O–H groups in total. The minimum atomic E-state index is -1.19. The Labute approximate surface area is 108 Å². The van der Waals surface area contributed by atoms with Gasteiger partial charge in [0.25, 0.3) is 0 Å². The number of hydrogen-bond donors (Lipinski definition) is 3. The number of aliphatic hydroxyl groups excluding tert-OH is 1. The molecule has 1 aliphatic rings. The van der Waals surface area contributed by atoms with Crippen molar-refractivity contribution < 1.29 is 24.2 Å². The zero-order valence-electron chi connectivity index (χ0n) is 9.91. The van der Waals surface area contributed by atoms with Crippen LogP contribution in [0.5, 0.6) is 0 Å². The second-order valence-corrected chi connectivity index (χ2v) is 4.31. The quantitative estimate of drug-likeness (QED) is 0.742. The predicted molar refractivity (Wildman–Crippen MR) is 64.2 cm³/mol. The van der Waals surface area contributed by atoms with Gasteiger partial charge in [-0.1, -0.05) is 12.1 Å². The van der Waals surface area contributed by atoms with Crippen LogP contribution in [0.15, 0.2) is 24.3 Å². The number of aliphatic carboxylic acids is 1. The lowest BCUT2D eigenvalue weighted by atomic mass is 10.2. The number of β-amino-alcohol motifs (C(OH)–C–C–N with tert-alkyl or cyclic N) is 1. The number of amides is 2. The number of hydrogen-bond acceptors (Lipinski definition) is 3. The lowest BCUT2D eigenvalue weighted by Gasteiger charge is -2.21. The van der Waals surface area contributed by atoms with E-state index >= 15 is 0 Å². The average Bonchev–Trinajstić information content (AvgIpc) is 2.74. The molecule has 0 aromatic heterocycles. The predicted octanol–water partition coefficient (Wildman–Crippen LogP) is 0.877. The summed E-state index contributed by atoms with van der Waals surface area (Å²) in [6.45, 7) is -0.0861. The maximum absolute atomic E-state index is 13.4. The number of benzene rings is 1. The normalized spacial score (nSPS) is 22.3. The van der Waals surface area contributed by atoms with E-state index in [-0.39, 0.29) is 18.7 Å². The van der Waals surface area contributed by atoms with E-state index in [1.807, 2.05) is 0 Å². The van der Waals surface area contributed by atoms with Crippen LogP contribution in [0.2, 0.25) is 0 Å². The molecule has 1 aliphatic heterocycles. The maximum atomic E-state index is 13.4. The van der Waals surface area contributed by atoms with Crippen molar-refractivity contribution in [3.8, 4) is 0 Å². The summed E-state index contributed by atoms with van der Waals surface area (Å²) in [5.41, 5.74) is -0.0296. The van der Waals surface area contributed by atoms with Crippen molar-refractivity contribution in [2.45, 2.75) is 18.6 Å². The molecule has 19 heavy (non-hydrogen) atoms. The third-order valence-corrected chi connectivity index (χ3v) is 2.94. The molecule has 102 valence electrons. The van der Waals surface area contributed by atoms with Crippen LogP contribution in [0, 0.1) is 5.82 Å². The molecule has 1 saturated heterocycles. The van der Waals surface area contributed by atoms with Crippen molar-refractivity contribution in [2.24, 2.45) is 0 Å². The summed E-state index contributed by atoms with van der Waals surface area (Å²) >= 11 is 0. The minimum Gasteiger partial charge on any atom is -0.480 e. The fourth-order valence-electron chi connectivity index (χ4n) is 2.02. The molecule has 2 amide bonds. The largest absolute Gasteiger partial charge is 0.480 e. The van der Waals surface area contributed by atoms with Crippen LogP contribution < -0.4 is 5.32 Å². The topological polar surface area (TPSA) is 89.9 Å². The fourth-order valence-corrected chi connectivity index (χ4v) is 2.02. The minimum absolute atomic E-state index is 0.0278. The molecule has 7 heteroatoms. The molecule has 2 atom stereocenters. The van der Waals surface area contributed by atoms with Crippen molar-refractivity contribution in [1.29, 1.82) is 0 Å². The number of carboxylic acids is 1. The second kappa shape index (κ2) is 5.23. The highest BCUT2D eigenvalue weighted by atomic mass is 19.1. The van der Waals surface area contributed by atoms with E-state index in [2.05, 4.69) is 5.32 Å². The van der Waals surface area contributed by atoms with Crippen LogP contribution in [0.3, 0.4) is 0 Å². The second-order valence-electron chi connectivity index (χ2n) is 4.31. The third kappa shape index (κ3) is 2.82. The number of rotatable bonds is 2. The molecule has 1 heterocycles. The van der Waals surface area contributed by atoms with Gasteiger partial charge in [0.15, 0.2) is 0 Å². The molecule has 1 fully saturated rings. The monoisotopic (exact) mass is 268 g/mol. The Morgan fingerprint density at radius 3 is 2.68 bits per heavy atom. The van der Waals surface area contributed by atoms with Crippen LogP contribution in [-0.4, -0.2) is 45.8 Å². The van der Waals surface area contributed by atoms with Gasteiger partial charge in [0.2, 0.25) is 0 Å². The van der Waals surface area contributed by atoms with Gasteiger partial charge >= 0.3 is 12.0 Å². The number of para-hydroxylation sites is 1. The Bertz CT molecular complexity index is 508. The van der Waals surface area contributed by atoms with Crippen molar-refractivity contribution in [2.75, 3.05) is 11.9 Å². The van der Waals surface area contributed by atoms with E-state index in [0.717, 1.165) is 4.90 Å². The fraction of sp³-hybridized carbons (Fsp3) is 0.333. The van der Waals surface area contributed by atoms with Gasteiger partial charge in [0.1, 0.15) is 11.9 Å². The standard InChI is InChI=1S/C12H13FN2O4/c13-8-3-1-2-4-9(8)14-12(19)15-6-7(16)5-10(15)11(17)18/h1-4,7,10,16H,5-6H2,(H,14,19)(H,17,18)/t7-,10-/m1/s1. The van der Waals surface area contributed by atoms with Crippen molar-refractivity contribution in [3.05, 3.63) is 30.1 Å². The molecular weight excluding hydrogens is 255 g/mol. The van der Waals surface area contributed by atoms with E-state index < -0.39 is 30.0 Å². The average molecular weight is 268 g/mol. The van der Waals surface area contributed by atoms with Crippen LogP contribution in [0.25, 0.3) is 0 Å². The van der Waals surface area contributed by atoms with Gasteiger partial charge in [-0.15, -0.1) is 0 Å². The zero-order chi connectivity index (χ0) is 14.0. The number of nitrogens with zero attached hydrogens (tertiary/aromatic N) is 1. The number of carbonyl (C=O) groups is 2. The van der Waals surface area contributed by atoms with Gasteiger partial charge in [-0.2, -0.15) is 0 Å². The molecular formula is C12H13FN2O4. The molecule has 0 aliphatic carbocycles. The molecule has 6 nitrogen and oxygen atoms in total. The number of urea groups is 1. The van der Waals surface area contributed by atoms with Gasteiger partial charge < -0.3 is 20.4 Å². The van der Waals surface area contributed by atoms with E-state index in [0.29, 0.717) is 0 Å². The summed E-state index contributed by atoms with van der Waals surface area (Å²) in [4.78, 5) is 23.9. The first-order valence-electron chi connectivity index (χ1n) is 5.72. The summed E-state index contributed by atoms with van der Waals surface area (Å²) in [7, 11) is 0. The molecule has 0 saturated carbocycles. The van der Waals surface area contributed by atoms with E-state index in [4.69, 9.17) is 5.11 Å². The van der Waals surface area contributed by atoms with Gasteiger partial charge in [-0.25, -0.2) is 14.0 Å². The van der Waals surface area contributed by atoms with Gasteiger partial charge in [-0.05, 0) is 12.1 Å². The zero-order valence-corrected chi connectivity index (χ0v) is 9.91. The first-order chi connectivity index (χ1) is 8.99. The summed E-state index contributed by atoms with van der Waals surface area (Å²) in [5, 5.41) is 20.7. The Morgan fingerprint density at radius 2 is 2.05 bits per heavy atom. The molecule has 0 bridgehead atoms.